The van der Waals surface area contributed by atoms with E-state index in [0.717, 1.165) is 25.7 Å². The van der Waals surface area contributed by atoms with E-state index in [4.69, 9.17) is 5.11 Å². The molecule has 0 spiro atoms. The summed E-state index contributed by atoms with van der Waals surface area (Å²) in [6.45, 7) is 6.06. The molecular formula is C13H26N2O3S. The first-order valence-corrected chi connectivity index (χ1v) is 8.74. The van der Waals surface area contributed by atoms with Crippen LogP contribution in [-0.2, 0) is 10.2 Å². The SMILES string of the molecule is CC1CCCN(S(=O)(=O)N2CCC(CO)CC2)C1C. The van der Waals surface area contributed by atoms with Crippen molar-refractivity contribution in [1.82, 2.24) is 8.61 Å². The average molecular weight is 290 g/mol. The second-order valence-corrected chi connectivity index (χ2v) is 7.88. The Balaban J connectivity index is 2.05. The van der Waals surface area contributed by atoms with Gasteiger partial charge in [0.05, 0.1) is 0 Å². The molecule has 0 bridgehead atoms. The molecule has 2 aliphatic heterocycles. The molecule has 0 aliphatic carbocycles. The Hall–Kier alpha value is -0.170. The summed E-state index contributed by atoms with van der Waals surface area (Å²) in [5.74, 6) is 0.697. The van der Waals surface area contributed by atoms with Gasteiger partial charge in [-0.1, -0.05) is 6.92 Å². The van der Waals surface area contributed by atoms with Gasteiger partial charge < -0.3 is 5.11 Å². The minimum atomic E-state index is -3.31. The Morgan fingerprint density at radius 2 is 1.74 bits per heavy atom. The molecule has 0 aromatic heterocycles. The monoisotopic (exact) mass is 290 g/mol. The molecule has 5 nitrogen and oxygen atoms in total. The van der Waals surface area contributed by atoms with E-state index in [2.05, 4.69) is 6.92 Å². The van der Waals surface area contributed by atoms with Crippen LogP contribution in [0.25, 0.3) is 0 Å². The van der Waals surface area contributed by atoms with Crippen LogP contribution in [0, 0.1) is 11.8 Å². The van der Waals surface area contributed by atoms with Crippen LogP contribution in [0.2, 0.25) is 0 Å². The summed E-state index contributed by atoms with van der Waals surface area (Å²) in [7, 11) is -3.31. The van der Waals surface area contributed by atoms with E-state index in [1.54, 1.807) is 8.61 Å². The highest BCUT2D eigenvalue weighted by Crippen LogP contribution is 2.28. The minimum Gasteiger partial charge on any atom is -0.396 e. The minimum absolute atomic E-state index is 0.0920. The summed E-state index contributed by atoms with van der Waals surface area (Å²) >= 11 is 0. The fraction of sp³-hybridized carbons (Fsp3) is 1.00. The third-order valence-corrected chi connectivity index (χ3v) is 6.90. The van der Waals surface area contributed by atoms with E-state index < -0.39 is 10.2 Å². The number of piperidine rings is 2. The maximum absolute atomic E-state index is 12.7. The van der Waals surface area contributed by atoms with Crippen molar-refractivity contribution in [3.63, 3.8) is 0 Å². The van der Waals surface area contributed by atoms with Crippen molar-refractivity contribution in [2.24, 2.45) is 11.8 Å². The Labute approximate surface area is 116 Å². The van der Waals surface area contributed by atoms with Gasteiger partial charge in [0.2, 0.25) is 0 Å². The molecule has 0 amide bonds. The molecule has 0 aromatic carbocycles. The summed E-state index contributed by atoms with van der Waals surface area (Å²) in [6.07, 6.45) is 3.61. The quantitative estimate of drug-likeness (QED) is 0.845. The van der Waals surface area contributed by atoms with Gasteiger partial charge in [-0.25, -0.2) is 0 Å². The van der Waals surface area contributed by atoms with E-state index in [0.29, 0.717) is 25.6 Å². The standard InChI is InChI=1S/C13H26N2O3S/c1-11-4-3-7-15(12(11)2)19(17,18)14-8-5-13(10-16)6-9-14/h11-13,16H,3-10H2,1-2H3. The first-order chi connectivity index (χ1) is 8.96. The fourth-order valence-electron chi connectivity index (χ4n) is 3.09. The summed E-state index contributed by atoms with van der Waals surface area (Å²) < 4.78 is 28.6. The molecule has 19 heavy (non-hydrogen) atoms. The van der Waals surface area contributed by atoms with Crippen molar-refractivity contribution in [2.45, 2.75) is 45.6 Å². The van der Waals surface area contributed by atoms with Gasteiger partial charge in [-0.3, -0.25) is 0 Å². The van der Waals surface area contributed by atoms with E-state index in [1.807, 2.05) is 6.92 Å². The molecule has 2 saturated heterocycles. The largest absolute Gasteiger partial charge is 0.396 e. The molecule has 2 unspecified atom stereocenters. The Morgan fingerprint density at radius 1 is 1.11 bits per heavy atom. The molecule has 0 saturated carbocycles. The van der Waals surface area contributed by atoms with Crippen molar-refractivity contribution in [1.29, 1.82) is 0 Å². The summed E-state index contributed by atoms with van der Waals surface area (Å²) in [5.41, 5.74) is 0. The maximum atomic E-state index is 12.7. The Morgan fingerprint density at radius 3 is 2.32 bits per heavy atom. The van der Waals surface area contributed by atoms with E-state index in [9.17, 15) is 8.42 Å². The van der Waals surface area contributed by atoms with Crippen molar-refractivity contribution in [2.75, 3.05) is 26.2 Å². The molecule has 2 aliphatic rings. The Kier molecular flexibility index (Phi) is 4.87. The third-order valence-electron chi connectivity index (χ3n) is 4.77. The Bertz CT molecular complexity index is 391. The molecular weight excluding hydrogens is 264 g/mol. The summed E-state index contributed by atoms with van der Waals surface area (Å²) in [6, 6.07) is 0.0920. The van der Waals surface area contributed by atoms with E-state index in [1.165, 1.54) is 0 Å². The van der Waals surface area contributed by atoms with Crippen molar-refractivity contribution < 1.29 is 13.5 Å². The summed E-state index contributed by atoms with van der Waals surface area (Å²) in [5, 5.41) is 9.13. The first-order valence-electron chi connectivity index (χ1n) is 7.34. The predicted molar refractivity (Wildman–Crippen MR) is 74.9 cm³/mol. The van der Waals surface area contributed by atoms with Gasteiger partial charge in [0.25, 0.3) is 10.2 Å². The fourth-order valence-corrected chi connectivity index (χ4v) is 5.05. The lowest BCUT2D eigenvalue weighted by molar-refractivity contribution is 0.153. The van der Waals surface area contributed by atoms with Crippen LogP contribution in [-0.4, -0.2) is 54.4 Å². The molecule has 6 heteroatoms. The zero-order valence-corrected chi connectivity index (χ0v) is 12.8. The van der Waals surface area contributed by atoms with Crippen molar-refractivity contribution in [3.8, 4) is 0 Å². The molecule has 0 radical (unpaired) electrons. The highest BCUT2D eigenvalue weighted by Gasteiger charge is 2.38. The number of nitrogens with zero attached hydrogens (tertiary/aromatic N) is 2. The van der Waals surface area contributed by atoms with Crippen molar-refractivity contribution >= 4 is 10.2 Å². The molecule has 2 rings (SSSR count). The topological polar surface area (TPSA) is 60.9 Å². The van der Waals surface area contributed by atoms with Crippen LogP contribution < -0.4 is 0 Å². The molecule has 112 valence electrons. The number of aliphatic hydroxyl groups is 1. The second kappa shape index (κ2) is 6.08. The maximum Gasteiger partial charge on any atom is 0.282 e. The van der Waals surface area contributed by atoms with Gasteiger partial charge in [-0.05, 0) is 44.4 Å². The van der Waals surface area contributed by atoms with Gasteiger partial charge in [0.15, 0.2) is 0 Å². The molecule has 0 aromatic rings. The van der Waals surface area contributed by atoms with Crippen LogP contribution in [0.1, 0.15) is 39.5 Å². The lowest BCUT2D eigenvalue weighted by atomic mass is 9.94. The predicted octanol–water partition coefficient (Wildman–Crippen LogP) is 1.06. The normalized spacial score (nSPS) is 32.6. The van der Waals surface area contributed by atoms with Crippen LogP contribution in [0.15, 0.2) is 0 Å². The number of rotatable bonds is 3. The van der Waals surface area contributed by atoms with Crippen LogP contribution in [0.3, 0.4) is 0 Å². The van der Waals surface area contributed by atoms with E-state index in [-0.39, 0.29) is 18.6 Å². The molecule has 2 atom stereocenters. The zero-order valence-electron chi connectivity index (χ0n) is 12.0. The first kappa shape index (κ1) is 15.2. The zero-order chi connectivity index (χ0) is 14.0. The van der Waals surface area contributed by atoms with Crippen molar-refractivity contribution in [3.05, 3.63) is 0 Å². The van der Waals surface area contributed by atoms with Crippen LogP contribution in [0.5, 0.6) is 0 Å². The molecule has 2 fully saturated rings. The second-order valence-electron chi connectivity index (χ2n) is 6.00. The van der Waals surface area contributed by atoms with Gasteiger partial charge in [-0.15, -0.1) is 0 Å². The third kappa shape index (κ3) is 3.12. The lowest BCUT2D eigenvalue weighted by Crippen LogP contribution is -2.53. The van der Waals surface area contributed by atoms with Crippen LogP contribution in [0.4, 0.5) is 0 Å². The average Bonchev–Trinajstić information content (AvgIpc) is 2.41. The van der Waals surface area contributed by atoms with Gasteiger partial charge in [0, 0.05) is 32.3 Å². The molecule has 1 N–H and O–H groups in total. The number of hydrogen-bond acceptors (Lipinski definition) is 3. The smallest absolute Gasteiger partial charge is 0.282 e. The number of hydrogen-bond donors (Lipinski definition) is 1. The number of aliphatic hydroxyl groups excluding tert-OH is 1. The highest BCUT2D eigenvalue weighted by molar-refractivity contribution is 7.86. The van der Waals surface area contributed by atoms with Gasteiger partial charge in [0.1, 0.15) is 0 Å². The molecule has 2 heterocycles. The van der Waals surface area contributed by atoms with E-state index >= 15 is 0 Å². The van der Waals surface area contributed by atoms with Gasteiger partial charge >= 0.3 is 0 Å². The van der Waals surface area contributed by atoms with Gasteiger partial charge in [-0.2, -0.15) is 17.0 Å². The lowest BCUT2D eigenvalue weighted by Gasteiger charge is -2.41. The highest BCUT2D eigenvalue weighted by atomic mass is 32.2. The van der Waals surface area contributed by atoms with Crippen LogP contribution >= 0.6 is 0 Å². The summed E-state index contributed by atoms with van der Waals surface area (Å²) in [4.78, 5) is 0.